The number of rotatable bonds is 5. The maximum Gasteiger partial charge on any atom is 0.218 e. The molecule has 28 heavy (non-hydrogen) atoms. The molecule has 148 valence electrons. The third-order valence-corrected chi connectivity index (χ3v) is 7.15. The molecule has 1 aliphatic rings. The molecule has 7 heteroatoms. The van der Waals surface area contributed by atoms with Crippen LogP contribution in [0, 0.1) is 5.92 Å². The van der Waals surface area contributed by atoms with Crippen LogP contribution in [-0.4, -0.2) is 37.3 Å². The van der Waals surface area contributed by atoms with Gasteiger partial charge in [0.2, 0.25) is 10.0 Å². The average Bonchev–Trinajstić information content (AvgIpc) is 3.14. The van der Waals surface area contributed by atoms with Crippen LogP contribution in [0.2, 0.25) is 0 Å². The van der Waals surface area contributed by atoms with Gasteiger partial charge in [0.25, 0.3) is 0 Å². The first-order valence-electron chi connectivity index (χ1n) is 9.14. The number of pyridine rings is 1. The number of benzene rings is 2. The van der Waals surface area contributed by atoms with Crippen molar-refractivity contribution in [2.24, 2.45) is 11.7 Å². The number of halogens is 1. The van der Waals surface area contributed by atoms with Crippen LogP contribution in [0.1, 0.15) is 17.0 Å². The summed E-state index contributed by atoms with van der Waals surface area (Å²) in [6.45, 7) is 1.42. The van der Waals surface area contributed by atoms with Crippen LogP contribution in [0.15, 0.2) is 66.9 Å². The molecule has 1 aromatic heterocycles. The third-order valence-electron chi connectivity index (χ3n) is 5.39. The Labute approximate surface area is 172 Å². The zero-order chi connectivity index (χ0) is 18.9. The van der Waals surface area contributed by atoms with Gasteiger partial charge in [0.1, 0.15) is 0 Å². The van der Waals surface area contributed by atoms with E-state index in [4.69, 9.17) is 5.73 Å². The summed E-state index contributed by atoms with van der Waals surface area (Å²) in [5.41, 5.74) is 8.60. The van der Waals surface area contributed by atoms with Crippen molar-refractivity contribution in [2.45, 2.75) is 11.7 Å². The van der Waals surface area contributed by atoms with Gasteiger partial charge in [0.05, 0.1) is 11.3 Å². The molecule has 1 saturated heterocycles. The third kappa shape index (κ3) is 4.05. The molecule has 0 unspecified atom stereocenters. The molecule has 2 N–H and O–H groups in total. The summed E-state index contributed by atoms with van der Waals surface area (Å²) in [6, 6.07) is 19.5. The molecule has 1 aliphatic heterocycles. The van der Waals surface area contributed by atoms with E-state index in [1.54, 1.807) is 10.5 Å². The molecule has 2 heterocycles. The van der Waals surface area contributed by atoms with E-state index in [-0.39, 0.29) is 30.0 Å². The summed E-state index contributed by atoms with van der Waals surface area (Å²) in [5.74, 6) is 0.226. The zero-order valence-electron chi connectivity index (χ0n) is 15.4. The number of aromatic nitrogens is 1. The second-order valence-corrected chi connectivity index (χ2v) is 9.05. The van der Waals surface area contributed by atoms with E-state index in [9.17, 15) is 8.42 Å². The molecule has 0 aliphatic carbocycles. The first-order valence-corrected chi connectivity index (χ1v) is 10.7. The number of hydrogen-bond acceptors (Lipinski definition) is 4. The monoisotopic (exact) mass is 417 g/mol. The summed E-state index contributed by atoms with van der Waals surface area (Å²) in [7, 11) is -3.45. The lowest BCUT2D eigenvalue weighted by atomic mass is 9.89. The second-order valence-electron chi connectivity index (χ2n) is 7.08. The topological polar surface area (TPSA) is 76.3 Å². The Morgan fingerprint density at radius 1 is 1.00 bits per heavy atom. The van der Waals surface area contributed by atoms with Crippen LogP contribution in [-0.2, 0) is 15.8 Å². The van der Waals surface area contributed by atoms with Gasteiger partial charge < -0.3 is 5.73 Å². The Kier molecular flexibility index (Phi) is 6.35. The van der Waals surface area contributed by atoms with Crippen molar-refractivity contribution < 1.29 is 8.42 Å². The lowest BCUT2D eigenvalue weighted by molar-refractivity contribution is 0.458. The Bertz CT molecular complexity index is 1040. The van der Waals surface area contributed by atoms with Crippen LogP contribution in [0.25, 0.3) is 10.9 Å². The molecular weight excluding hydrogens is 394 g/mol. The van der Waals surface area contributed by atoms with E-state index in [1.807, 2.05) is 48.5 Å². The predicted octanol–water partition coefficient (Wildman–Crippen LogP) is 3.16. The molecule has 2 atom stereocenters. The Morgan fingerprint density at radius 2 is 1.75 bits per heavy atom. The molecule has 2 aromatic carbocycles. The van der Waals surface area contributed by atoms with Crippen LogP contribution < -0.4 is 5.73 Å². The summed E-state index contributed by atoms with van der Waals surface area (Å²) in [6.07, 6.45) is 1.70. The fourth-order valence-corrected chi connectivity index (χ4v) is 5.56. The highest BCUT2D eigenvalue weighted by molar-refractivity contribution is 7.88. The van der Waals surface area contributed by atoms with Gasteiger partial charge in [0, 0.05) is 30.6 Å². The van der Waals surface area contributed by atoms with Crippen molar-refractivity contribution in [1.29, 1.82) is 0 Å². The highest BCUT2D eigenvalue weighted by atomic mass is 35.5. The molecule has 5 nitrogen and oxygen atoms in total. The lowest BCUT2D eigenvalue weighted by Crippen LogP contribution is -2.31. The Balaban J connectivity index is 0.00000225. The van der Waals surface area contributed by atoms with Gasteiger partial charge in [-0.3, -0.25) is 4.98 Å². The smallest absolute Gasteiger partial charge is 0.218 e. The maximum atomic E-state index is 13.1. The van der Waals surface area contributed by atoms with Gasteiger partial charge >= 0.3 is 0 Å². The predicted molar refractivity (Wildman–Crippen MR) is 115 cm³/mol. The van der Waals surface area contributed by atoms with Gasteiger partial charge in [-0.2, -0.15) is 0 Å². The van der Waals surface area contributed by atoms with Crippen LogP contribution in [0.3, 0.4) is 0 Å². The highest BCUT2D eigenvalue weighted by Gasteiger charge is 2.38. The van der Waals surface area contributed by atoms with Gasteiger partial charge in [-0.15, -0.1) is 12.4 Å². The van der Waals surface area contributed by atoms with Crippen molar-refractivity contribution in [2.75, 3.05) is 19.6 Å². The SMILES string of the molecule is Cl.NC[C@@H]1CN(S(=O)(=O)Cc2cccc3cccnc23)C[C@H]1c1ccccc1. The van der Waals surface area contributed by atoms with Gasteiger partial charge in [-0.1, -0.05) is 54.6 Å². The van der Waals surface area contributed by atoms with E-state index in [0.29, 0.717) is 19.6 Å². The molecule has 0 amide bonds. The summed E-state index contributed by atoms with van der Waals surface area (Å²) < 4.78 is 27.9. The standard InChI is InChI=1S/C21H23N3O2S.ClH/c22-12-19-13-24(14-20(19)16-6-2-1-3-7-16)27(25,26)15-18-9-4-8-17-10-5-11-23-21(17)18;/h1-11,19-20H,12-15,22H2;1H/t19-,20+;/m1./s1. The number of fused-ring (bicyclic) bond motifs is 1. The molecule has 1 fully saturated rings. The molecule has 4 rings (SSSR count). The molecule has 3 aromatic rings. The Hall–Kier alpha value is -1.99. The van der Waals surface area contributed by atoms with E-state index < -0.39 is 10.0 Å². The highest BCUT2D eigenvalue weighted by Crippen LogP contribution is 2.34. The number of hydrogen-bond donors (Lipinski definition) is 1. The van der Waals surface area contributed by atoms with E-state index in [0.717, 1.165) is 22.0 Å². The quantitative estimate of drug-likeness (QED) is 0.691. The number of nitrogens with two attached hydrogens (primary N) is 1. The van der Waals surface area contributed by atoms with Gasteiger partial charge in [-0.05, 0) is 29.7 Å². The van der Waals surface area contributed by atoms with Gasteiger partial charge in [-0.25, -0.2) is 12.7 Å². The normalized spacial score (nSPS) is 20.2. The van der Waals surface area contributed by atoms with Crippen LogP contribution >= 0.6 is 12.4 Å². The fraction of sp³-hybridized carbons (Fsp3) is 0.286. The van der Waals surface area contributed by atoms with Crippen LogP contribution in [0.5, 0.6) is 0 Å². The molecule has 0 radical (unpaired) electrons. The van der Waals surface area contributed by atoms with E-state index in [1.165, 1.54) is 0 Å². The minimum Gasteiger partial charge on any atom is -0.330 e. The molecule has 0 bridgehead atoms. The summed E-state index contributed by atoms with van der Waals surface area (Å²) in [4.78, 5) is 4.38. The second kappa shape index (κ2) is 8.57. The largest absolute Gasteiger partial charge is 0.330 e. The fourth-order valence-electron chi connectivity index (χ4n) is 3.95. The van der Waals surface area contributed by atoms with Gasteiger partial charge in [0.15, 0.2) is 0 Å². The Morgan fingerprint density at radius 3 is 2.50 bits per heavy atom. The maximum absolute atomic E-state index is 13.1. The van der Waals surface area contributed by atoms with E-state index >= 15 is 0 Å². The summed E-state index contributed by atoms with van der Waals surface area (Å²) >= 11 is 0. The van der Waals surface area contributed by atoms with Crippen molar-refractivity contribution in [3.8, 4) is 0 Å². The molecule has 0 spiro atoms. The lowest BCUT2D eigenvalue weighted by Gasteiger charge is -2.17. The van der Waals surface area contributed by atoms with Crippen molar-refractivity contribution >= 4 is 33.3 Å². The average molecular weight is 418 g/mol. The minimum absolute atomic E-state index is 0. The number of sulfonamides is 1. The zero-order valence-corrected chi connectivity index (χ0v) is 17.1. The first kappa shape index (κ1) is 20.7. The van der Waals surface area contributed by atoms with E-state index in [2.05, 4.69) is 17.1 Å². The molecular formula is C21H24ClN3O2S. The van der Waals surface area contributed by atoms with Crippen molar-refractivity contribution in [3.63, 3.8) is 0 Å². The number of nitrogens with zero attached hydrogens (tertiary/aromatic N) is 2. The van der Waals surface area contributed by atoms with Crippen molar-refractivity contribution in [3.05, 3.63) is 78.0 Å². The van der Waals surface area contributed by atoms with Crippen LogP contribution in [0.4, 0.5) is 0 Å². The molecule has 0 saturated carbocycles. The summed E-state index contributed by atoms with van der Waals surface area (Å²) in [5, 5.41) is 0.952. The first-order chi connectivity index (χ1) is 13.1. The minimum atomic E-state index is -3.45. The van der Waals surface area contributed by atoms with Crippen molar-refractivity contribution in [1.82, 2.24) is 9.29 Å². The number of para-hydroxylation sites is 1.